The first-order valence-corrected chi connectivity index (χ1v) is 8.73. The molecular weight excluding hydrogens is 350 g/mol. The molecule has 2 heterocycles. The van der Waals surface area contributed by atoms with Crippen LogP contribution in [0.4, 0.5) is 0 Å². The quantitative estimate of drug-likeness (QED) is 0.790. The molecule has 0 saturated carbocycles. The second-order valence-electron chi connectivity index (χ2n) is 6.36. The number of hydrogen-bond acceptors (Lipinski definition) is 6. The lowest BCUT2D eigenvalue weighted by atomic mass is 10.1. The maximum Gasteiger partial charge on any atom is 0.276 e. The molecule has 2 aromatic rings. The molecule has 144 valence electrons. The van der Waals surface area contributed by atoms with Gasteiger partial charge in [0.1, 0.15) is 5.76 Å². The van der Waals surface area contributed by atoms with E-state index in [9.17, 15) is 9.59 Å². The molecular formula is C19H23N3O5. The van der Waals surface area contributed by atoms with Crippen molar-refractivity contribution in [3.8, 4) is 11.5 Å². The summed E-state index contributed by atoms with van der Waals surface area (Å²) in [5.41, 5.74) is 1.16. The van der Waals surface area contributed by atoms with E-state index in [1.54, 1.807) is 43.1 Å². The molecule has 8 nitrogen and oxygen atoms in total. The second-order valence-corrected chi connectivity index (χ2v) is 6.36. The van der Waals surface area contributed by atoms with E-state index < -0.39 is 0 Å². The van der Waals surface area contributed by atoms with Crippen LogP contribution in [0.1, 0.15) is 21.8 Å². The number of carbonyl (C=O) groups excluding carboxylic acids is 2. The van der Waals surface area contributed by atoms with Crippen LogP contribution in [0.5, 0.6) is 11.5 Å². The number of aromatic nitrogens is 1. The van der Waals surface area contributed by atoms with Crippen molar-refractivity contribution in [3.63, 3.8) is 0 Å². The molecule has 1 fully saturated rings. The number of hydrogen-bond donors (Lipinski definition) is 0. The van der Waals surface area contributed by atoms with Crippen molar-refractivity contribution in [2.45, 2.75) is 13.3 Å². The molecule has 0 spiro atoms. The van der Waals surface area contributed by atoms with Crippen molar-refractivity contribution in [2.24, 2.45) is 0 Å². The zero-order chi connectivity index (χ0) is 19.4. The zero-order valence-electron chi connectivity index (χ0n) is 15.7. The van der Waals surface area contributed by atoms with Crippen molar-refractivity contribution >= 4 is 11.8 Å². The van der Waals surface area contributed by atoms with Crippen LogP contribution in [0.25, 0.3) is 0 Å². The van der Waals surface area contributed by atoms with Crippen molar-refractivity contribution in [1.29, 1.82) is 0 Å². The number of aryl methyl sites for hydroxylation is 1. The number of carbonyl (C=O) groups is 2. The summed E-state index contributed by atoms with van der Waals surface area (Å²) in [6.45, 7) is 3.68. The van der Waals surface area contributed by atoms with Gasteiger partial charge in [0.2, 0.25) is 5.91 Å². The van der Waals surface area contributed by atoms with Crippen molar-refractivity contribution < 1.29 is 23.6 Å². The highest BCUT2D eigenvalue weighted by Crippen LogP contribution is 2.27. The van der Waals surface area contributed by atoms with E-state index in [1.807, 2.05) is 12.1 Å². The topological polar surface area (TPSA) is 85.1 Å². The van der Waals surface area contributed by atoms with Gasteiger partial charge in [-0.25, -0.2) is 0 Å². The molecule has 1 aliphatic rings. The third-order valence-electron chi connectivity index (χ3n) is 4.57. The minimum absolute atomic E-state index is 0.0200. The van der Waals surface area contributed by atoms with E-state index >= 15 is 0 Å². The Bertz CT molecular complexity index is 825. The maximum absolute atomic E-state index is 12.6. The van der Waals surface area contributed by atoms with Crippen LogP contribution >= 0.6 is 0 Å². The highest BCUT2D eigenvalue weighted by atomic mass is 16.5. The van der Waals surface area contributed by atoms with Crippen molar-refractivity contribution in [1.82, 2.24) is 15.0 Å². The predicted octanol–water partition coefficient (Wildman–Crippen LogP) is 1.53. The highest BCUT2D eigenvalue weighted by molar-refractivity contribution is 5.92. The van der Waals surface area contributed by atoms with Gasteiger partial charge in [-0.3, -0.25) is 9.59 Å². The smallest absolute Gasteiger partial charge is 0.276 e. The Morgan fingerprint density at radius 3 is 2.30 bits per heavy atom. The molecule has 1 aromatic carbocycles. The Morgan fingerprint density at radius 2 is 1.70 bits per heavy atom. The number of rotatable bonds is 5. The van der Waals surface area contributed by atoms with Crippen LogP contribution in [0, 0.1) is 6.92 Å². The number of nitrogens with zero attached hydrogens (tertiary/aromatic N) is 3. The minimum atomic E-state index is -0.168. The second kappa shape index (κ2) is 8.11. The molecule has 1 aromatic heterocycles. The monoisotopic (exact) mass is 373 g/mol. The van der Waals surface area contributed by atoms with E-state index in [0.29, 0.717) is 49.1 Å². The third kappa shape index (κ3) is 4.21. The summed E-state index contributed by atoms with van der Waals surface area (Å²) in [6, 6.07) is 7.07. The molecule has 0 atom stereocenters. The maximum atomic E-state index is 12.6. The molecule has 0 radical (unpaired) electrons. The van der Waals surface area contributed by atoms with Gasteiger partial charge in [0, 0.05) is 32.2 Å². The highest BCUT2D eigenvalue weighted by Gasteiger charge is 2.26. The lowest BCUT2D eigenvalue weighted by molar-refractivity contribution is -0.131. The fourth-order valence-electron chi connectivity index (χ4n) is 3.07. The Kier molecular flexibility index (Phi) is 5.63. The van der Waals surface area contributed by atoms with Gasteiger partial charge in [0.25, 0.3) is 5.91 Å². The minimum Gasteiger partial charge on any atom is -0.493 e. The molecule has 27 heavy (non-hydrogen) atoms. The largest absolute Gasteiger partial charge is 0.493 e. The van der Waals surface area contributed by atoms with Gasteiger partial charge in [-0.05, 0) is 24.6 Å². The predicted molar refractivity (Wildman–Crippen MR) is 97.0 cm³/mol. The van der Waals surface area contributed by atoms with E-state index in [4.69, 9.17) is 14.0 Å². The summed E-state index contributed by atoms with van der Waals surface area (Å²) in [5, 5.41) is 3.76. The first kappa shape index (κ1) is 18.8. The van der Waals surface area contributed by atoms with Gasteiger partial charge in [0.05, 0.1) is 20.6 Å². The Labute approximate surface area is 157 Å². The van der Waals surface area contributed by atoms with Gasteiger partial charge < -0.3 is 23.8 Å². The summed E-state index contributed by atoms with van der Waals surface area (Å²) in [6.07, 6.45) is 0.275. The Hall–Kier alpha value is -3.03. The average Bonchev–Trinajstić information content (AvgIpc) is 3.13. The van der Waals surface area contributed by atoms with Crippen LogP contribution in [0.15, 0.2) is 28.8 Å². The van der Waals surface area contributed by atoms with Crippen LogP contribution in [-0.4, -0.2) is 67.2 Å². The molecule has 0 unspecified atom stereocenters. The summed E-state index contributed by atoms with van der Waals surface area (Å²) in [5.74, 6) is 1.68. The normalized spacial score (nSPS) is 14.2. The molecule has 8 heteroatoms. The Balaban J connectivity index is 1.56. The molecule has 0 aliphatic carbocycles. The van der Waals surface area contributed by atoms with E-state index in [2.05, 4.69) is 5.16 Å². The Morgan fingerprint density at radius 1 is 1.04 bits per heavy atom. The molecule has 1 saturated heterocycles. The number of piperazine rings is 1. The SMILES string of the molecule is COc1ccc(CC(=O)N2CCN(C(=O)c3cc(C)on3)CC2)cc1OC. The van der Waals surface area contributed by atoms with Gasteiger partial charge >= 0.3 is 0 Å². The molecule has 3 rings (SSSR count). The number of methoxy groups -OCH3 is 2. The van der Waals surface area contributed by atoms with E-state index in [0.717, 1.165) is 5.56 Å². The van der Waals surface area contributed by atoms with Gasteiger partial charge in [0.15, 0.2) is 17.2 Å². The lowest BCUT2D eigenvalue weighted by Crippen LogP contribution is -2.51. The first-order chi connectivity index (χ1) is 13.0. The average molecular weight is 373 g/mol. The molecule has 0 bridgehead atoms. The van der Waals surface area contributed by atoms with Crippen molar-refractivity contribution in [2.75, 3.05) is 40.4 Å². The molecule has 2 amide bonds. The molecule has 1 aliphatic heterocycles. The van der Waals surface area contributed by atoms with Gasteiger partial charge in [-0.15, -0.1) is 0 Å². The van der Waals surface area contributed by atoms with Crippen LogP contribution in [0.3, 0.4) is 0 Å². The first-order valence-electron chi connectivity index (χ1n) is 8.73. The van der Waals surface area contributed by atoms with Gasteiger partial charge in [-0.1, -0.05) is 11.2 Å². The van der Waals surface area contributed by atoms with Gasteiger partial charge in [-0.2, -0.15) is 0 Å². The van der Waals surface area contributed by atoms with E-state index in [1.165, 1.54) is 0 Å². The van der Waals surface area contributed by atoms with Crippen LogP contribution in [0.2, 0.25) is 0 Å². The lowest BCUT2D eigenvalue weighted by Gasteiger charge is -2.34. The van der Waals surface area contributed by atoms with Crippen LogP contribution in [-0.2, 0) is 11.2 Å². The third-order valence-corrected chi connectivity index (χ3v) is 4.57. The standard InChI is InChI=1S/C19H23N3O5/c1-13-10-15(20-27-13)19(24)22-8-6-21(7-9-22)18(23)12-14-4-5-16(25-2)17(11-14)26-3/h4-5,10-11H,6-9,12H2,1-3H3. The summed E-state index contributed by atoms with van der Waals surface area (Å²) in [4.78, 5) is 28.4. The summed E-state index contributed by atoms with van der Waals surface area (Å²) >= 11 is 0. The summed E-state index contributed by atoms with van der Waals surface area (Å²) in [7, 11) is 3.14. The number of amides is 2. The number of ether oxygens (including phenoxy) is 2. The zero-order valence-corrected chi connectivity index (χ0v) is 15.7. The van der Waals surface area contributed by atoms with Crippen molar-refractivity contribution in [3.05, 3.63) is 41.3 Å². The number of benzene rings is 1. The van der Waals surface area contributed by atoms with E-state index in [-0.39, 0.29) is 18.2 Å². The fourth-order valence-corrected chi connectivity index (χ4v) is 3.07. The molecule has 0 N–H and O–H groups in total. The summed E-state index contributed by atoms with van der Waals surface area (Å²) < 4.78 is 15.5. The fraction of sp³-hybridized carbons (Fsp3) is 0.421. The van der Waals surface area contributed by atoms with Crippen LogP contribution < -0.4 is 9.47 Å².